The summed E-state index contributed by atoms with van der Waals surface area (Å²) in [6.45, 7) is 0. The number of hydrogen-bond acceptors (Lipinski definition) is 8. The van der Waals surface area contributed by atoms with E-state index < -0.39 is 11.3 Å². The zero-order valence-corrected chi connectivity index (χ0v) is 14.8. The minimum absolute atomic E-state index is 0.0212. The van der Waals surface area contributed by atoms with Gasteiger partial charge in [-0.05, 0) is 12.1 Å². The van der Waals surface area contributed by atoms with Crippen molar-refractivity contribution in [3.8, 4) is 17.1 Å². The highest BCUT2D eigenvalue weighted by Crippen LogP contribution is 2.36. The van der Waals surface area contributed by atoms with Crippen LogP contribution in [0, 0.1) is 10.1 Å². The number of non-ortho nitro benzene ring substituents is 1. The molecule has 142 valence electrons. The summed E-state index contributed by atoms with van der Waals surface area (Å²) in [6.07, 6.45) is 3.87. The predicted octanol–water partition coefficient (Wildman–Crippen LogP) is 3.34. The van der Waals surface area contributed by atoms with E-state index in [1.807, 2.05) is 12.1 Å². The quantitative estimate of drug-likeness (QED) is 0.529. The van der Waals surface area contributed by atoms with Gasteiger partial charge in [-0.2, -0.15) is 0 Å². The van der Waals surface area contributed by atoms with Gasteiger partial charge in [-0.3, -0.25) is 20.7 Å². The third kappa shape index (κ3) is 3.14. The molecule has 1 aliphatic rings. The van der Waals surface area contributed by atoms with E-state index in [0.29, 0.717) is 22.8 Å². The molecule has 28 heavy (non-hydrogen) atoms. The number of nitrogens with zero attached hydrogens (tertiary/aromatic N) is 3. The maximum atomic E-state index is 11.0. The first-order valence-electron chi connectivity index (χ1n) is 8.31. The van der Waals surface area contributed by atoms with Gasteiger partial charge < -0.3 is 13.9 Å². The molecular weight excluding hydrogens is 364 g/mol. The Labute approximate surface area is 159 Å². The van der Waals surface area contributed by atoms with Crippen molar-refractivity contribution in [2.24, 2.45) is 5.73 Å². The number of benzene rings is 2. The summed E-state index contributed by atoms with van der Waals surface area (Å²) < 4.78 is 16.5. The molecule has 3 aromatic rings. The average Bonchev–Trinajstić information content (AvgIpc) is 3.37. The molecule has 4 rings (SSSR count). The number of rotatable bonds is 5. The first-order chi connectivity index (χ1) is 13.6. The van der Waals surface area contributed by atoms with Crippen LogP contribution in [0.1, 0.15) is 5.56 Å². The largest absolute Gasteiger partial charge is 0.496 e. The monoisotopic (exact) mass is 380 g/mol. The lowest BCUT2D eigenvalue weighted by atomic mass is 10.1. The number of nitro groups is 1. The highest BCUT2D eigenvalue weighted by molar-refractivity contribution is 5.73. The number of ether oxygens (including phenoxy) is 2. The van der Waals surface area contributed by atoms with Crippen LogP contribution in [0.3, 0.4) is 0 Å². The van der Waals surface area contributed by atoms with E-state index in [0.717, 1.165) is 11.3 Å². The lowest BCUT2D eigenvalue weighted by Gasteiger charge is -2.21. The molecule has 0 saturated heterocycles. The number of nitrogens with two attached hydrogens (primary N) is 1. The maximum absolute atomic E-state index is 11.0. The Bertz CT molecular complexity index is 1050. The van der Waals surface area contributed by atoms with Gasteiger partial charge in [-0.1, -0.05) is 12.1 Å². The van der Waals surface area contributed by atoms with E-state index in [1.165, 1.54) is 18.5 Å². The molecule has 0 bridgehead atoms. The number of anilines is 1. The highest BCUT2D eigenvalue weighted by Gasteiger charge is 2.26. The lowest BCUT2D eigenvalue weighted by Crippen LogP contribution is -2.36. The summed E-state index contributed by atoms with van der Waals surface area (Å²) in [7, 11) is 1.56. The zero-order chi connectivity index (χ0) is 19.7. The van der Waals surface area contributed by atoms with Gasteiger partial charge in [0, 0.05) is 29.4 Å². The first kappa shape index (κ1) is 17.6. The molecule has 1 unspecified atom stereocenters. The summed E-state index contributed by atoms with van der Waals surface area (Å²) in [5, 5.41) is 11.0. The van der Waals surface area contributed by atoms with Crippen LogP contribution in [0.15, 0.2) is 65.7 Å². The second kappa shape index (κ2) is 7.05. The standard InChI is InChI=1S/C19H16N4O5/c1-26-16-8-13(5-6-15(16)17-9-21-11-27-17)22-10-18(28-19(22)20)12-3-2-4-14(7-12)23(24)25/h2-11,19H,20H2,1H3. The fourth-order valence-electron chi connectivity index (χ4n) is 2.95. The molecule has 9 nitrogen and oxygen atoms in total. The van der Waals surface area contributed by atoms with E-state index in [9.17, 15) is 10.1 Å². The van der Waals surface area contributed by atoms with Gasteiger partial charge in [0.15, 0.2) is 12.2 Å². The molecule has 0 spiro atoms. The van der Waals surface area contributed by atoms with Crippen molar-refractivity contribution in [1.82, 2.24) is 4.98 Å². The van der Waals surface area contributed by atoms with Crippen molar-refractivity contribution in [1.29, 1.82) is 0 Å². The van der Waals surface area contributed by atoms with Gasteiger partial charge in [-0.15, -0.1) is 0 Å². The number of nitro benzene ring substituents is 1. The number of hydrogen-bond donors (Lipinski definition) is 1. The van der Waals surface area contributed by atoms with Gasteiger partial charge >= 0.3 is 0 Å². The minimum Gasteiger partial charge on any atom is -0.496 e. The van der Waals surface area contributed by atoms with E-state index in [1.54, 1.807) is 42.6 Å². The van der Waals surface area contributed by atoms with Gasteiger partial charge in [0.25, 0.3) is 5.69 Å². The topological polar surface area (TPSA) is 117 Å². The zero-order valence-electron chi connectivity index (χ0n) is 14.8. The molecule has 2 heterocycles. The molecule has 9 heteroatoms. The fraction of sp³-hybridized carbons (Fsp3) is 0.105. The Hall–Kier alpha value is -3.85. The molecule has 0 fully saturated rings. The molecule has 0 radical (unpaired) electrons. The van der Waals surface area contributed by atoms with Crippen LogP contribution in [-0.4, -0.2) is 23.4 Å². The Morgan fingerprint density at radius 1 is 1.29 bits per heavy atom. The molecule has 0 saturated carbocycles. The van der Waals surface area contributed by atoms with Gasteiger partial charge in [0.2, 0.25) is 6.35 Å². The Balaban J connectivity index is 1.67. The van der Waals surface area contributed by atoms with Crippen molar-refractivity contribution in [3.63, 3.8) is 0 Å². The maximum Gasteiger partial charge on any atom is 0.270 e. The molecule has 1 aromatic heterocycles. The van der Waals surface area contributed by atoms with E-state index in [2.05, 4.69) is 4.98 Å². The van der Waals surface area contributed by atoms with Gasteiger partial charge in [0.05, 0.1) is 30.0 Å². The van der Waals surface area contributed by atoms with Crippen molar-refractivity contribution < 1.29 is 18.8 Å². The number of aromatic nitrogens is 1. The Morgan fingerprint density at radius 2 is 2.14 bits per heavy atom. The van der Waals surface area contributed by atoms with Crippen LogP contribution >= 0.6 is 0 Å². The summed E-state index contributed by atoms with van der Waals surface area (Å²) in [4.78, 5) is 16.2. The van der Waals surface area contributed by atoms with E-state index in [-0.39, 0.29) is 5.69 Å². The molecule has 0 aliphatic carbocycles. The summed E-state index contributed by atoms with van der Waals surface area (Å²) in [5.41, 5.74) is 8.13. The van der Waals surface area contributed by atoms with Crippen molar-refractivity contribution in [2.75, 3.05) is 12.0 Å². The molecule has 2 N–H and O–H groups in total. The van der Waals surface area contributed by atoms with Crippen LogP contribution in [-0.2, 0) is 4.74 Å². The molecule has 1 aliphatic heterocycles. The normalized spacial score (nSPS) is 15.9. The fourth-order valence-corrected chi connectivity index (χ4v) is 2.95. The van der Waals surface area contributed by atoms with Crippen LogP contribution in [0.5, 0.6) is 5.75 Å². The minimum atomic E-state index is -0.782. The van der Waals surface area contributed by atoms with Crippen LogP contribution in [0.25, 0.3) is 17.1 Å². The van der Waals surface area contributed by atoms with Crippen LogP contribution in [0.2, 0.25) is 0 Å². The molecule has 2 aromatic carbocycles. The lowest BCUT2D eigenvalue weighted by molar-refractivity contribution is -0.384. The van der Waals surface area contributed by atoms with Crippen molar-refractivity contribution >= 4 is 17.1 Å². The summed E-state index contributed by atoms with van der Waals surface area (Å²) >= 11 is 0. The molecule has 1 atom stereocenters. The van der Waals surface area contributed by atoms with E-state index >= 15 is 0 Å². The number of oxazole rings is 1. The van der Waals surface area contributed by atoms with Gasteiger partial charge in [-0.25, -0.2) is 4.98 Å². The van der Waals surface area contributed by atoms with Crippen molar-refractivity contribution in [2.45, 2.75) is 6.35 Å². The summed E-state index contributed by atoms with van der Waals surface area (Å²) in [6, 6.07) is 11.7. The van der Waals surface area contributed by atoms with Crippen molar-refractivity contribution in [3.05, 3.63) is 76.9 Å². The average molecular weight is 380 g/mol. The second-order valence-corrected chi connectivity index (χ2v) is 5.97. The number of methoxy groups -OCH3 is 1. The van der Waals surface area contributed by atoms with Crippen LogP contribution < -0.4 is 15.4 Å². The SMILES string of the molecule is COc1cc(N2C=C(c3cccc([N+](=O)[O-])c3)OC2N)ccc1-c1cnco1. The Morgan fingerprint density at radius 3 is 2.86 bits per heavy atom. The smallest absolute Gasteiger partial charge is 0.270 e. The summed E-state index contributed by atoms with van der Waals surface area (Å²) in [5.74, 6) is 1.60. The van der Waals surface area contributed by atoms with Crippen LogP contribution in [0.4, 0.5) is 11.4 Å². The third-order valence-electron chi connectivity index (χ3n) is 4.30. The first-order valence-corrected chi connectivity index (χ1v) is 8.31. The second-order valence-electron chi connectivity index (χ2n) is 5.97. The van der Waals surface area contributed by atoms with Gasteiger partial charge in [0.1, 0.15) is 11.5 Å². The van der Waals surface area contributed by atoms with E-state index in [4.69, 9.17) is 19.6 Å². The third-order valence-corrected chi connectivity index (χ3v) is 4.30. The molecule has 0 amide bonds. The predicted molar refractivity (Wildman–Crippen MR) is 101 cm³/mol. The molecular formula is C19H16N4O5. The Kier molecular flexibility index (Phi) is 4.42. The highest BCUT2D eigenvalue weighted by atomic mass is 16.6.